The largest absolute Gasteiger partial charge is 0.473 e. The number of benzene rings is 2. The quantitative estimate of drug-likeness (QED) is 0.447. The summed E-state index contributed by atoms with van der Waals surface area (Å²) in [5.41, 5.74) is 3.84. The third-order valence-corrected chi connectivity index (χ3v) is 7.02. The first-order valence-corrected chi connectivity index (χ1v) is 12.1. The van der Waals surface area contributed by atoms with E-state index in [0.717, 1.165) is 16.7 Å². The maximum atomic E-state index is 13.6. The van der Waals surface area contributed by atoms with Crippen LogP contribution in [0.5, 0.6) is 0 Å². The van der Waals surface area contributed by atoms with Crippen molar-refractivity contribution in [2.24, 2.45) is 0 Å². The van der Waals surface area contributed by atoms with Crippen molar-refractivity contribution in [3.8, 4) is 0 Å². The summed E-state index contributed by atoms with van der Waals surface area (Å²) in [6.45, 7) is 8.96. The molecule has 3 atom stereocenters. The summed E-state index contributed by atoms with van der Waals surface area (Å²) in [4.78, 5) is 42.6. The maximum Gasteiger partial charge on any atom is 0.417 e. The van der Waals surface area contributed by atoms with Gasteiger partial charge in [0.1, 0.15) is 5.60 Å². The number of hydrogen-bond acceptors (Lipinski definition) is 5. The zero-order valence-corrected chi connectivity index (χ0v) is 21.1. The summed E-state index contributed by atoms with van der Waals surface area (Å²) in [6, 6.07) is 16.8. The molecule has 0 bridgehead atoms. The summed E-state index contributed by atoms with van der Waals surface area (Å²) in [6.07, 6.45) is 0.653. The molecule has 0 spiro atoms. The number of rotatable bonds is 3. The predicted octanol–water partition coefficient (Wildman–Crippen LogP) is 5.08. The van der Waals surface area contributed by atoms with Crippen LogP contribution in [0.2, 0.25) is 0 Å². The van der Waals surface area contributed by atoms with Crippen LogP contribution >= 0.6 is 0 Å². The fraction of sp³-hybridized carbons (Fsp3) is 0.345. The van der Waals surface area contributed by atoms with E-state index < -0.39 is 23.8 Å². The second-order valence-electron chi connectivity index (χ2n) is 10.5. The van der Waals surface area contributed by atoms with Gasteiger partial charge in [0.05, 0.1) is 17.9 Å². The Hall–Kier alpha value is -3.87. The first-order valence-electron chi connectivity index (χ1n) is 12.1. The Balaban J connectivity index is 1.52. The van der Waals surface area contributed by atoms with Gasteiger partial charge in [0.25, 0.3) is 11.8 Å². The summed E-state index contributed by atoms with van der Waals surface area (Å²) in [5, 5.41) is 0. The van der Waals surface area contributed by atoms with Crippen LogP contribution in [0.15, 0.2) is 77.6 Å². The number of amides is 3. The highest BCUT2D eigenvalue weighted by atomic mass is 16.6. The number of carbonyl (C=O) groups is 3. The number of ether oxygens (including phenoxy) is 2. The molecule has 0 N–H and O–H groups in total. The molecule has 0 aromatic heterocycles. The number of hydrogen-bond donors (Lipinski definition) is 0. The van der Waals surface area contributed by atoms with E-state index in [1.807, 2.05) is 61.5 Å². The number of carbonyl (C=O) groups excluding carboxylic acids is 3. The number of imide groups is 1. The molecule has 0 saturated carbocycles. The smallest absolute Gasteiger partial charge is 0.417 e. The lowest BCUT2D eigenvalue weighted by molar-refractivity contribution is -0.125. The molecule has 36 heavy (non-hydrogen) atoms. The molecule has 0 radical (unpaired) electrons. The van der Waals surface area contributed by atoms with Crippen LogP contribution in [-0.4, -0.2) is 40.7 Å². The Morgan fingerprint density at radius 2 is 1.64 bits per heavy atom. The lowest BCUT2D eigenvalue weighted by atomic mass is 9.94. The molecular formula is C29H30N2O5. The lowest BCUT2D eigenvalue weighted by Crippen LogP contribution is -2.43. The van der Waals surface area contributed by atoms with Gasteiger partial charge in [-0.1, -0.05) is 42.5 Å². The Kier molecular flexibility index (Phi) is 5.74. The molecule has 2 aliphatic heterocycles. The van der Waals surface area contributed by atoms with Crippen LogP contribution in [0.1, 0.15) is 51.7 Å². The van der Waals surface area contributed by atoms with Crippen LogP contribution in [0, 0.1) is 0 Å². The van der Waals surface area contributed by atoms with E-state index >= 15 is 0 Å². The average molecular weight is 487 g/mol. The second-order valence-corrected chi connectivity index (χ2v) is 10.5. The van der Waals surface area contributed by atoms with Gasteiger partial charge in [-0.25, -0.2) is 9.69 Å². The first-order chi connectivity index (χ1) is 17.1. The Morgan fingerprint density at radius 1 is 0.972 bits per heavy atom. The van der Waals surface area contributed by atoms with Gasteiger partial charge < -0.3 is 9.47 Å². The molecule has 1 saturated heterocycles. The van der Waals surface area contributed by atoms with E-state index in [0.29, 0.717) is 23.3 Å². The van der Waals surface area contributed by atoms with Crippen molar-refractivity contribution in [2.75, 3.05) is 4.90 Å². The van der Waals surface area contributed by atoms with E-state index in [1.54, 1.807) is 32.6 Å². The SMILES string of the molecule is CC1=C(C)C(O/C=C2/C(=O)N(C(=O)OC(C)(C)C)C3Cc4ccccc4C23)N(c2ccccc2)C1=O. The van der Waals surface area contributed by atoms with E-state index in [1.165, 1.54) is 11.2 Å². The van der Waals surface area contributed by atoms with Gasteiger partial charge in [0.2, 0.25) is 6.23 Å². The van der Waals surface area contributed by atoms with Crippen molar-refractivity contribution in [3.63, 3.8) is 0 Å². The predicted molar refractivity (Wildman–Crippen MR) is 135 cm³/mol. The van der Waals surface area contributed by atoms with Crippen molar-refractivity contribution in [1.82, 2.24) is 4.90 Å². The topological polar surface area (TPSA) is 76.2 Å². The standard InChI is InChI=1S/C29H30N2O5/c1-17-18(2)27(30(25(17)32)20-12-7-6-8-13-20)35-16-22-24-21-14-10-9-11-19(21)15-23(24)31(26(22)33)28(34)36-29(3,4)5/h6-14,16,23-24,27H,15H2,1-5H3/b22-16+. The zero-order valence-electron chi connectivity index (χ0n) is 21.1. The third kappa shape index (κ3) is 3.88. The first kappa shape index (κ1) is 23.9. The molecule has 3 aliphatic rings. The number of likely N-dealkylation sites (tertiary alicyclic amines) is 1. The summed E-state index contributed by atoms with van der Waals surface area (Å²) >= 11 is 0. The Bertz CT molecular complexity index is 1300. The van der Waals surface area contributed by atoms with Crippen molar-refractivity contribution in [3.05, 3.63) is 88.7 Å². The van der Waals surface area contributed by atoms with Crippen molar-refractivity contribution < 1.29 is 23.9 Å². The molecule has 186 valence electrons. The van der Waals surface area contributed by atoms with E-state index in [2.05, 4.69) is 0 Å². The minimum absolute atomic E-state index is 0.140. The summed E-state index contributed by atoms with van der Waals surface area (Å²) in [7, 11) is 0. The van der Waals surface area contributed by atoms with Gasteiger partial charge in [0, 0.05) is 17.2 Å². The molecule has 1 fully saturated rings. The van der Waals surface area contributed by atoms with E-state index in [4.69, 9.17) is 9.47 Å². The monoisotopic (exact) mass is 486 g/mol. The minimum atomic E-state index is -0.735. The van der Waals surface area contributed by atoms with Crippen molar-refractivity contribution >= 4 is 23.6 Å². The van der Waals surface area contributed by atoms with Gasteiger partial charge >= 0.3 is 6.09 Å². The van der Waals surface area contributed by atoms with Crippen molar-refractivity contribution in [1.29, 1.82) is 0 Å². The fourth-order valence-corrected chi connectivity index (χ4v) is 5.24. The molecule has 5 rings (SSSR count). The van der Waals surface area contributed by atoms with Gasteiger partial charge in [-0.15, -0.1) is 0 Å². The number of nitrogens with zero attached hydrogens (tertiary/aromatic N) is 2. The van der Waals surface area contributed by atoms with Crippen LogP contribution in [0.3, 0.4) is 0 Å². The molecule has 7 heteroatoms. The summed E-state index contributed by atoms with van der Waals surface area (Å²) in [5.74, 6) is -0.893. The number of fused-ring (bicyclic) bond motifs is 3. The normalized spacial score (nSPS) is 24.5. The second kappa shape index (κ2) is 8.66. The van der Waals surface area contributed by atoms with Crippen LogP contribution in [0.25, 0.3) is 0 Å². The van der Waals surface area contributed by atoms with Crippen LogP contribution < -0.4 is 4.90 Å². The maximum absolute atomic E-state index is 13.6. The van der Waals surface area contributed by atoms with Crippen LogP contribution in [-0.2, 0) is 25.5 Å². The van der Waals surface area contributed by atoms with Gasteiger partial charge in [-0.05, 0) is 69.9 Å². The molecule has 3 amide bonds. The minimum Gasteiger partial charge on any atom is -0.473 e. The molecule has 2 aromatic rings. The van der Waals surface area contributed by atoms with Gasteiger partial charge in [-0.3, -0.25) is 14.5 Å². The zero-order chi connectivity index (χ0) is 25.8. The molecule has 7 nitrogen and oxygen atoms in total. The molecule has 3 unspecified atom stereocenters. The number of para-hydroxylation sites is 1. The highest BCUT2D eigenvalue weighted by Crippen LogP contribution is 2.47. The Labute approximate surface area is 211 Å². The Morgan fingerprint density at radius 3 is 2.33 bits per heavy atom. The van der Waals surface area contributed by atoms with Crippen molar-refractivity contribution in [2.45, 2.75) is 64.8 Å². The van der Waals surface area contributed by atoms with Gasteiger partial charge in [-0.2, -0.15) is 0 Å². The molecule has 2 aromatic carbocycles. The molecular weight excluding hydrogens is 456 g/mol. The number of anilines is 1. The molecule has 2 heterocycles. The highest BCUT2D eigenvalue weighted by molar-refractivity contribution is 6.09. The van der Waals surface area contributed by atoms with Gasteiger partial charge in [0.15, 0.2) is 0 Å². The summed E-state index contributed by atoms with van der Waals surface area (Å²) < 4.78 is 11.8. The average Bonchev–Trinajstić information content (AvgIpc) is 3.40. The third-order valence-electron chi connectivity index (χ3n) is 7.02. The lowest BCUT2D eigenvalue weighted by Gasteiger charge is -2.26. The highest BCUT2D eigenvalue weighted by Gasteiger charge is 2.53. The van der Waals surface area contributed by atoms with E-state index in [-0.39, 0.29) is 17.9 Å². The molecule has 1 aliphatic carbocycles. The van der Waals surface area contributed by atoms with Crippen LogP contribution in [0.4, 0.5) is 10.5 Å². The van der Waals surface area contributed by atoms with E-state index in [9.17, 15) is 14.4 Å². The fourth-order valence-electron chi connectivity index (χ4n) is 5.24.